The summed E-state index contributed by atoms with van der Waals surface area (Å²) in [5, 5.41) is 7.45. The number of guanidine groups is 1. The second-order valence-electron chi connectivity index (χ2n) is 6.95. The first-order valence-electron chi connectivity index (χ1n) is 9.45. The van der Waals surface area contributed by atoms with Gasteiger partial charge < -0.3 is 19.5 Å². The molecule has 7 nitrogen and oxygen atoms in total. The minimum Gasteiger partial charge on any atom is -0.380 e. The van der Waals surface area contributed by atoms with Crippen molar-refractivity contribution in [3.8, 4) is 0 Å². The number of hydrogen-bond acceptors (Lipinski definition) is 5. The van der Waals surface area contributed by atoms with Crippen molar-refractivity contribution in [3.63, 3.8) is 0 Å². The van der Waals surface area contributed by atoms with E-state index < -0.39 is 0 Å². The number of nitrogens with zero attached hydrogens (tertiary/aromatic N) is 4. The summed E-state index contributed by atoms with van der Waals surface area (Å²) >= 11 is 0. The van der Waals surface area contributed by atoms with E-state index in [0.717, 1.165) is 55.7 Å². The van der Waals surface area contributed by atoms with Crippen LogP contribution in [-0.2, 0) is 24.4 Å². The Kier molecular flexibility index (Phi) is 7.00. The zero-order valence-electron chi connectivity index (χ0n) is 16.7. The van der Waals surface area contributed by atoms with Gasteiger partial charge in [0.2, 0.25) is 0 Å². The Morgan fingerprint density at radius 2 is 2.07 bits per heavy atom. The molecular formula is C20H28FN5O2. The van der Waals surface area contributed by atoms with E-state index in [1.807, 2.05) is 19.1 Å². The fraction of sp³-hybridized carbons (Fsp3) is 0.500. The molecule has 1 aromatic heterocycles. The Hall–Kier alpha value is -2.45. The van der Waals surface area contributed by atoms with E-state index in [2.05, 4.69) is 25.3 Å². The van der Waals surface area contributed by atoms with Gasteiger partial charge in [0.25, 0.3) is 0 Å². The molecule has 1 N–H and O–H groups in total. The van der Waals surface area contributed by atoms with Crippen LogP contribution in [0, 0.1) is 12.7 Å². The summed E-state index contributed by atoms with van der Waals surface area (Å²) in [7, 11) is 3.35. The Labute approximate surface area is 165 Å². The summed E-state index contributed by atoms with van der Waals surface area (Å²) in [5.74, 6) is 1.45. The lowest BCUT2D eigenvalue weighted by Crippen LogP contribution is -2.52. The molecule has 0 saturated carbocycles. The van der Waals surface area contributed by atoms with E-state index in [-0.39, 0.29) is 12.4 Å². The number of aliphatic imine (C=N–C) groups is 1. The highest BCUT2D eigenvalue weighted by atomic mass is 19.1. The Morgan fingerprint density at radius 3 is 2.71 bits per heavy atom. The van der Waals surface area contributed by atoms with Gasteiger partial charge in [-0.25, -0.2) is 4.39 Å². The van der Waals surface area contributed by atoms with Crippen LogP contribution in [-0.4, -0.2) is 61.3 Å². The zero-order valence-corrected chi connectivity index (χ0v) is 16.7. The van der Waals surface area contributed by atoms with Crippen LogP contribution in [0.3, 0.4) is 0 Å². The smallest absolute Gasteiger partial charge is 0.194 e. The number of rotatable bonds is 6. The van der Waals surface area contributed by atoms with Gasteiger partial charge >= 0.3 is 0 Å². The third-order valence-electron chi connectivity index (χ3n) is 4.81. The lowest BCUT2D eigenvalue weighted by molar-refractivity contribution is 0.169. The van der Waals surface area contributed by atoms with Gasteiger partial charge in [-0.15, -0.1) is 0 Å². The molecule has 1 fully saturated rings. The number of hydrogen-bond donors (Lipinski definition) is 1. The molecule has 1 aliphatic heterocycles. The maximum atomic E-state index is 13.8. The fourth-order valence-electron chi connectivity index (χ4n) is 3.36. The molecule has 1 aromatic carbocycles. The first-order chi connectivity index (χ1) is 13.6. The van der Waals surface area contributed by atoms with Crippen molar-refractivity contribution in [2.75, 3.05) is 40.3 Å². The molecule has 28 heavy (non-hydrogen) atoms. The molecule has 0 atom stereocenters. The average Bonchev–Trinajstić information content (AvgIpc) is 3.10. The second-order valence-corrected chi connectivity index (χ2v) is 6.95. The highest BCUT2D eigenvalue weighted by Gasteiger charge is 2.20. The Balaban J connectivity index is 1.50. The first-order valence-corrected chi connectivity index (χ1v) is 9.45. The van der Waals surface area contributed by atoms with Crippen LogP contribution in [0.1, 0.15) is 22.6 Å². The molecule has 1 saturated heterocycles. The van der Waals surface area contributed by atoms with E-state index in [4.69, 9.17) is 9.26 Å². The van der Waals surface area contributed by atoms with Gasteiger partial charge in [-0.1, -0.05) is 11.2 Å². The van der Waals surface area contributed by atoms with E-state index in [1.165, 1.54) is 6.07 Å². The van der Waals surface area contributed by atoms with Crippen molar-refractivity contribution >= 4 is 5.96 Å². The van der Waals surface area contributed by atoms with Gasteiger partial charge in [-0.2, -0.15) is 0 Å². The van der Waals surface area contributed by atoms with Crippen molar-refractivity contribution < 1.29 is 13.7 Å². The number of benzene rings is 1. The summed E-state index contributed by atoms with van der Waals surface area (Å²) in [6.45, 7) is 7.19. The van der Waals surface area contributed by atoms with Gasteiger partial charge in [-0.05, 0) is 24.6 Å². The van der Waals surface area contributed by atoms with Crippen LogP contribution in [0.5, 0.6) is 0 Å². The molecule has 0 spiro atoms. The minimum atomic E-state index is -0.242. The molecule has 0 unspecified atom stereocenters. The SMILES string of the molecule is CN=C(NCc1ccc(F)c(COC)c1)N1CCN(Cc2cc(C)on2)CC1. The normalized spacial score (nSPS) is 15.9. The zero-order chi connectivity index (χ0) is 19.9. The molecule has 0 aliphatic carbocycles. The highest BCUT2D eigenvalue weighted by Crippen LogP contribution is 2.13. The molecule has 0 bridgehead atoms. The molecule has 0 radical (unpaired) electrons. The molecule has 2 aromatic rings. The lowest BCUT2D eigenvalue weighted by atomic mass is 10.1. The quantitative estimate of drug-likeness (QED) is 0.603. The van der Waals surface area contributed by atoms with Crippen LogP contribution in [0.15, 0.2) is 33.8 Å². The third kappa shape index (κ3) is 5.30. The number of aryl methyl sites for hydroxylation is 1. The van der Waals surface area contributed by atoms with Gasteiger partial charge in [0, 0.05) is 65.1 Å². The second kappa shape index (κ2) is 9.66. The highest BCUT2D eigenvalue weighted by molar-refractivity contribution is 5.80. The summed E-state index contributed by atoms with van der Waals surface area (Å²) in [4.78, 5) is 9.00. The monoisotopic (exact) mass is 389 g/mol. The summed E-state index contributed by atoms with van der Waals surface area (Å²) in [5.41, 5.74) is 2.53. The van der Waals surface area contributed by atoms with Crippen LogP contribution in [0.25, 0.3) is 0 Å². The molecule has 1 aliphatic rings. The van der Waals surface area contributed by atoms with E-state index in [0.29, 0.717) is 12.1 Å². The molecular weight excluding hydrogens is 361 g/mol. The van der Waals surface area contributed by atoms with Crippen molar-refractivity contribution in [2.45, 2.75) is 26.6 Å². The Bertz CT molecular complexity index is 800. The largest absolute Gasteiger partial charge is 0.380 e. The molecule has 2 heterocycles. The Morgan fingerprint density at radius 1 is 1.29 bits per heavy atom. The average molecular weight is 389 g/mol. The molecule has 152 valence electrons. The van der Waals surface area contributed by atoms with Crippen LogP contribution in [0.2, 0.25) is 0 Å². The molecule has 0 amide bonds. The van der Waals surface area contributed by atoms with E-state index >= 15 is 0 Å². The summed E-state index contributed by atoms with van der Waals surface area (Å²) in [6, 6.07) is 7.08. The number of piperazine rings is 1. The van der Waals surface area contributed by atoms with Crippen molar-refractivity contribution in [3.05, 3.63) is 52.7 Å². The first kappa shape index (κ1) is 20.3. The lowest BCUT2D eigenvalue weighted by Gasteiger charge is -2.36. The molecule has 3 rings (SSSR count). The standard InChI is InChI=1S/C20H28FN5O2/c1-15-10-18(24-28-15)13-25-6-8-26(9-7-25)20(22-2)23-12-16-4-5-19(21)17(11-16)14-27-3/h4-5,10-11H,6-9,12-14H2,1-3H3,(H,22,23). The fourth-order valence-corrected chi connectivity index (χ4v) is 3.36. The van der Waals surface area contributed by atoms with Crippen LogP contribution >= 0.6 is 0 Å². The van der Waals surface area contributed by atoms with E-state index in [9.17, 15) is 4.39 Å². The van der Waals surface area contributed by atoms with Gasteiger partial charge in [0.15, 0.2) is 5.96 Å². The predicted molar refractivity (Wildman–Crippen MR) is 105 cm³/mol. The number of ether oxygens (including phenoxy) is 1. The maximum absolute atomic E-state index is 13.8. The van der Waals surface area contributed by atoms with Crippen molar-refractivity contribution in [2.24, 2.45) is 4.99 Å². The van der Waals surface area contributed by atoms with Crippen molar-refractivity contribution in [1.29, 1.82) is 0 Å². The minimum absolute atomic E-state index is 0.242. The van der Waals surface area contributed by atoms with Gasteiger partial charge in [-0.3, -0.25) is 9.89 Å². The number of methoxy groups -OCH3 is 1. The number of nitrogens with one attached hydrogen (secondary N) is 1. The molecule has 8 heteroatoms. The van der Waals surface area contributed by atoms with Crippen molar-refractivity contribution in [1.82, 2.24) is 20.3 Å². The summed E-state index contributed by atoms with van der Waals surface area (Å²) in [6.07, 6.45) is 0. The predicted octanol–water partition coefficient (Wildman–Crippen LogP) is 2.16. The topological polar surface area (TPSA) is 66.1 Å². The number of aromatic nitrogens is 1. The van der Waals surface area contributed by atoms with Crippen LogP contribution < -0.4 is 5.32 Å². The number of halogens is 1. The van der Waals surface area contributed by atoms with Gasteiger partial charge in [0.1, 0.15) is 11.6 Å². The maximum Gasteiger partial charge on any atom is 0.194 e. The van der Waals surface area contributed by atoms with E-state index in [1.54, 1.807) is 20.2 Å². The summed E-state index contributed by atoms with van der Waals surface area (Å²) < 4.78 is 24.0. The van der Waals surface area contributed by atoms with Crippen LogP contribution in [0.4, 0.5) is 4.39 Å². The van der Waals surface area contributed by atoms with Gasteiger partial charge in [0.05, 0.1) is 12.3 Å². The third-order valence-corrected chi connectivity index (χ3v) is 4.81.